The third-order valence-corrected chi connectivity index (χ3v) is 2.85. The highest BCUT2D eigenvalue weighted by Gasteiger charge is 2.13. The van der Waals surface area contributed by atoms with Crippen LogP contribution in [0.15, 0.2) is 24.3 Å². The molecule has 18 heavy (non-hydrogen) atoms. The second-order valence-corrected chi connectivity index (χ2v) is 4.26. The maximum atomic E-state index is 5.37. The van der Waals surface area contributed by atoms with Gasteiger partial charge in [0, 0.05) is 26.7 Å². The van der Waals surface area contributed by atoms with Crippen LogP contribution in [0.5, 0.6) is 5.75 Å². The number of ether oxygens (including phenoxy) is 2. The Labute approximate surface area is 110 Å². The van der Waals surface area contributed by atoms with Gasteiger partial charge in [0.15, 0.2) is 0 Å². The third-order valence-electron chi connectivity index (χ3n) is 2.85. The van der Waals surface area contributed by atoms with Gasteiger partial charge in [-0.15, -0.1) is 0 Å². The van der Waals surface area contributed by atoms with Crippen molar-refractivity contribution in [3.8, 4) is 5.75 Å². The van der Waals surface area contributed by atoms with Crippen molar-refractivity contribution in [1.82, 2.24) is 5.32 Å². The maximum absolute atomic E-state index is 5.37. The van der Waals surface area contributed by atoms with Gasteiger partial charge in [0.2, 0.25) is 0 Å². The topological polar surface area (TPSA) is 33.7 Å². The third kappa shape index (κ3) is 4.20. The molecule has 4 heteroatoms. The van der Waals surface area contributed by atoms with E-state index in [1.54, 1.807) is 14.2 Å². The predicted octanol–water partition coefficient (Wildman–Crippen LogP) is 1.76. The van der Waals surface area contributed by atoms with Gasteiger partial charge in [-0.1, -0.05) is 19.1 Å². The van der Waals surface area contributed by atoms with Crippen LogP contribution in [0.2, 0.25) is 0 Å². The summed E-state index contributed by atoms with van der Waals surface area (Å²) >= 11 is 0. The van der Waals surface area contributed by atoms with Crippen LogP contribution >= 0.6 is 0 Å². The van der Waals surface area contributed by atoms with Gasteiger partial charge >= 0.3 is 0 Å². The molecule has 0 saturated heterocycles. The van der Waals surface area contributed by atoms with Crippen LogP contribution in [0.4, 0.5) is 5.69 Å². The van der Waals surface area contributed by atoms with Crippen LogP contribution in [0.25, 0.3) is 0 Å². The first-order valence-electron chi connectivity index (χ1n) is 6.29. The Kier molecular flexibility index (Phi) is 6.54. The fraction of sp³-hybridized carbons (Fsp3) is 0.571. The van der Waals surface area contributed by atoms with Crippen molar-refractivity contribution >= 4 is 5.69 Å². The molecular weight excluding hydrogens is 228 g/mol. The molecule has 0 fully saturated rings. The molecule has 0 radical (unpaired) electrons. The maximum Gasteiger partial charge on any atom is 0.142 e. The Morgan fingerprint density at radius 3 is 2.61 bits per heavy atom. The molecule has 1 N–H and O–H groups in total. The number of hydrogen-bond donors (Lipinski definition) is 1. The molecule has 1 rings (SSSR count). The SMILES string of the molecule is CCNC(COC)CN(C)c1ccccc1OC. The molecule has 4 nitrogen and oxygen atoms in total. The summed E-state index contributed by atoms with van der Waals surface area (Å²) in [6.07, 6.45) is 0. The van der Waals surface area contributed by atoms with Crippen LogP contribution in [0.3, 0.4) is 0 Å². The second kappa shape index (κ2) is 7.95. The van der Waals surface area contributed by atoms with Gasteiger partial charge in [0.05, 0.1) is 19.4 Å². The highest BCUT2D eigenvalue weighted by atomic mass is 16.5. The Balaban J connectivity index is 2.70. The first kappa shape index (κ1) is 14.8. The molecule has 0 aliphatic heterocycles. The molecule has 1 atom stereocenters. The van der Waals surface area contributed by atoms with E-state index >= 15 is 0 Å². The number of nitrogens with one attached hydrogen (secondary N) is 1. The average Bonchev–Trinajstić information content (AvgIpc) is 2.39. The summed E-state index contributed by atoms with van der Waals surface area (Å²) in [6.45, 7) is 4.62. The van der Waals surface area contributed by atoms with Gasteiger partial charge < -0.3 is 19.7 Å². The first-order chi connectivity index (χ1) is 8.72. The van der Waals surface area contributed by atoms with Crippen LogP contribution in [-0.4, -0.2) is 47.0 Å². The summed E-state index contributed by atoms with van der Waals surface area (Å²) in [5.41, 5.74) is 1.10. The van der Waals surface area contributed by atoms with Gasteiger partial charge in [0.1, 0.15) is 5.75 Å². The molecule has 1 aromatic carbocycles. The molecule has 1 aromatic rings. The zero-order valence-electron chi connectivity index (χ0n) is 11.8. The number of rotatable bonds is 8. The number of anilines is 1. The standard InChI is InChI=1S/C14H24N2O2/c1-5-15-12(11-17-3)10-16(2)13-8-6-7-9-14(13)18-4/h6-9,12,15H,5,10-11H2,1-4H3. The lowest BCUT2D eigenvalue weighted by Crippen LogP contribution is -2.42. The molecule has 0 saturated carbocycles. The number of benzene rings is 1. The summed E-state index contributed by atoms with van der Waals surface area (Å²) in [6, 6.07) is 8.36. The highest BCUT2D eigenvalue weighted by Crippen LogP contribution is 2.26. The Morgan fingerprint density at radius 2 is 2.00 bits per heavy atom. The number of hydrogen-bond acceptors (Lipinski definition) is 4. The summed E-state index contributed by atoms with van der Waals surface area (Å²) in [7, 11) is 5.49. The van der Waals surface area contributed by atoms with Crippen LogP contribution in [0, 0.1) is 0 Å². The van der Waals surface area contributed by atoms with Crippen LogP contribution < -0.4 is 15.0 Å². The van der Waals surface area contributed by atoms with E-state index in [9.17, 15) is 0 Å². The molecule has 1 unspecified atom stereocenters. The fourth-order valence-electron chi connectivity index (χ4n) is 2.04. The number of methoxy groups -OCH3 is 2. The number of likely N-dealkylation sites (N-methyl/N-ethyl adjacent to an activating group) is 2. The van der Waals surface area contributed by atoms with E-state index in [0.29, 0.717) is 12.6 Å². The Morgan fingerprint density at radius 1 is 1.28 bits per heavy atom. The largest absolute Gasteiger partial charge is 0.495 e. The summed E-state index contributed by atoms with van der Waals surface area (Å²) in [5.74, 6) is 0.896. The summed E-state index contributed by atoms with van der Waals surface area (Å²) < 4.78 is 10.6. The van der Waals surface area contributed by atoms with Crippen LogP contribution in [-0.2, 0) is 4.74 Å². The van der Waals surface area contributed by atoms with E-state index in [2.05, 4.69) is 30.3 Å². The van der Waals surface area contributed by atoms with E-state index in [4.69, 9.17) is 9.47 Å². The Hall–Kier alpha value is -1.26. The summed E-state index contributed by atoms with van der Waals surface area (Å²) in [5, 5.41) is 3.41. The smallest absolute Gasteiger partial charge is 0.142 e. The Bertz CT molecular complexity index is 338. The lowest BCUT2D eigenvalue weighted by atomic mass is 10.2. The monoisotopic (exact) mass is 252 g/mol. The molecule has 0 aliphatic rings. The zero-order valence-corrected chi connectivity index (χ0v) is 11.8. The lowest BCUT2D eigenvalue weighted by Gasteiger charge is -2.27. The van der Waals surface area contributed by atoms with Crippen molar-refractivity contribution in [1.29, 1.82) is 0 Å². The molecule has 0 amide bonds. The lowest BCUT2D eigenvalue weighted by molar-refractivity contribution is 0.169. The van der Waals surface area contributed by atoms with E-state index in [1.807, 2.05) is 18.2 Å². The minimum atomic E-state index is 0.315. The van der Waals surface area contributed by atoms with Crippen molar-refractivity contribution in [2.45, 2.75) is 13.0 Å². The molecule has 0 spiro atoms. The highest BCUT2D eigenvalue weighted by molar-refractivity contribution is 5.57. The minimum Gasteiger partial charge on any atom is -0.495 e. The summed E-state index contributed by atoms with van der Waals surface area (Å²) in [4.78, 5) is 2.19. The van der Waals surface area contributed by atoms with Crippen molar-refractivity contribution < 1.29 is 9.47 Å². The van der Waals surface area contributed by atoms with E-state index in [1.165, 1.54) is 0 Å². The van der Waals surface area contributed by atoms with Crippen molar-refractivity contribution in [3.63, 3.8) is 0 Å². The van der Waals surface area contributed by atoms with Gasteiger partial charge in [-0.05, 0) is 18.7 Å². The number of nitrogens with zero attached hydrogens (tertiary/aromatic N) is 1. The average molecular weight is 252 g/mol. The van der Waals surface area contributed by atoms with Crippen molar-refractivity contribution in [3.05, 3.63) is 24.3 Å². The number of para-hydroxylation sites is 2. The molecule has 102 valence electrons. The molecular formula is C14H24N2O2. The van der Waals surface area contributed by atoms with E-state index in [0.717, 1.165) is 24.5 Å². The van der Waals surface area contributed by atoms with Crippen molar-refractivity contribution in [2.75, 3.05) is 45.9 Å². The molecule has 0 bridgehead atoms. The minimum absolute atomic E-state index is 0.315. The van der Waals surface area contributed by atoms with Gasteiger partial charge in [-0.2, -0.15) is 0 Å². The second-order valence-electron chi connectivity index (χ2n) is 4.26. The first-order valence-corrected chi connectivity index (χ1v) is 6.29. The molecule has 0 aliphatic carbocycles. The van der Waals surface area contributed by atoms with E-state index < -0.39 is 0 Å². The fourth-order valence-corrected chi connectivity index (χ4v) is 2.04. The van der Waals surface area contributed by atoms with Gasteiger partial charge in [0.25, 0.3) is 0 Å². The predicted molar refractivity (Wildman–Crippen MR) is 75.6 cm³/mol. The van der Waals surface area contributed by atoms with Gasteiger partial charge in [-0.3, -0.25) is 0 Å². The van der Waals surface area contributed by atoms with Crippen molar-refractivity contribution in [2.24, 2.45) is 0 Å². The quantitative estimate of drug-likeness (QED) is 0.764. The molecule has 0 heterocycles. The van der Waals surface area contributed by atoms with Gasteiger partial charge in [-0.25, -0.2) is 0 Å². The van der Waals surface area contributed by atoms with E-state index in [-0.39, 0.29) is 0 Å². The molecule has 0 aromatic heterocycles. The zero-order chi connectivity index (χ0) is 13.4. The van der Waals surface area contributed by atoms with Crippen LogP contribution in [0.1, 0.15) is 6.92 Å². The normalized spacial score (nSPS) is 12.2.